The van der Waals surface area contributed by atoms with E-state index in [9.17, 15) is 9.18 Å². The quantitative estimate of drug-likeness (QED) is 0.837. The molecular weight excluding hydrogens is 335 g/mol. The van der Waals surface area contributed by atoms with Gasteiger partial charge in [-0.25, -0.2) is 4.39 Å². The fourth-order valence-electron chi connectivity index (χ4n) is 2.07. The molecule has 0 spiro atoms. The standard InChI is InChI=1S/C16H16BrFN2O/c1-10(15-7-6-12(17)8-16(15)18)19-13-4-3-5-14(9-13)20-11(2)21/h3-10,19H,1-2H3,(H,20,21). The lowest BCUT2D eigenvalue weighted by Gasteiger charge is -2.17. The third-order valence-electron chi connectivity index (χ3n) is 3.00. The molecule has 3 nitrogen and oxygen atoms in total. The van der Waals surface area contributed by atoms with Crippen LogP contribution in [0, 0.1) is 5.82 Å². The van der Waals surface area contributed by atoms with E-state index in [2.05, 4.69) is 26.6 Å². The van der Waals surface area contributed by atoms with Gasteiger partial charge in [-0.1, -0.05) is 28.1 Å². The first-order chi connectivity index (χ1) is 9.95. The summed E-state index contributed by atoms with van der Waals surface area (Å²) in [5, 5.41) is 5.94. The molecular formula is C16H16BrFN2O. The Hall–Kier alpha value is -1.88. The molecule has 0 fully saturated rings. The first-order valence-corrected chi connectivity index (χ1v) is 7.34. The van der Waals surface area contributed by atoms with E-state index in [4.69, 9.17) is 0 Å². The highest BCUT2D eigenvalue weighted by molar-refractivity contribution is 9.10. The van der Waals surface area contributed by atoms with Gasteiger partial charge in [0.2, 0.25) is 5.91 Å². The average molecular weight is 351 g/mol. The van der Waals surface area contributed by atoms with Crippen molar-refractivity contribution < 1.29 is 9.18 Å². The molecule has 1 atom stereocenters. The van der Waals surface area contributed by atoms with E-state index in [0.29, 0.717) is 15.7 Å². The lowest BCUT2D eigenvalue weighted by atomic mass is 10.1. The summed E-state index contributed by atoms with van der Waals surface area (Å²) in [5.74, 6) is -0.387. The van der Waals surface area contributed by atoms with Gasteiger partial charge in [0.05, 0.1) is 6.04 Å². The van der Waals surface area contributed by atoms with E-state index >= 15 is 0 Å². The van der Waals surface area contributed by atoms with Crippen LogP contribution in [0.2, 0.25) is 0 Å². The molecule has 0 bridgehead atoms. The van der Waals surface area contributed by atoms with E-state index in [1.807, 2.05) is 31.2 Å². The average Bonchev–Trinajstić information content (AvgIpc) is 2.37. The summed E-state index contributed by atoms with van der Waals surface area (Å²) in [7, 11) is 0. The third-order valence-corrected chi connectivity index (χ3v) is 3.49. The molecule has 0 aromatic heterocycles. The van der Waals surface area contributed by atoms with E-state index in [-0.39, 0.29) is 17.8 Å². The van der Waals surface area contributed by atoms with Crippen LogP contribution < -0.4 is 10.6 Å². The maximum atomic E-state index is 13.9. The van der Waals surface area contributed by atoms with Crippen LogP contribution >= 0.6 is 15.9 Å². The summed E-state index contributed by atoms with van der Waals surface area (Å²) in [6.45, 7) is 3.34. The van der Waals surface area contributed by atoms with Gasteiger partial charge in [0.25, 0.3) is 0 Å². The maximum Gasteiger partial charge on any atom is 0.221 e. The van der Waals surface area contributed by atoms with Crippen molar-refractivity contribution in [3.05, 3.63) is 58.3 Å². The van der Waals surface area contributed by atoms with Gasteiger partial charge in [-0.05, 0) is 37.3 Å². The summed E-state index contributed by atoms with van der Waals surface area (Å²) >= 11 is 3.24. The second-order valence-corrected chi connectivity index (χ2v) is 5.71. The Balaban J connectivity index is 2.15. The first kappa shape index (κ1) is 15.5. The number of hydrogen-bond donors (Lipinski definition) is 2. The third kappa shape index (κ3) is 4.29. The zero-order valence-corrected chi connectivity index (χ0v) is 13.4. The summed E-state index contributed by atoms with van der Waals surface area (Å²) < 4.78 is 14.6. The monoisotopic (exact) mass is 350 g/mol. The van der Waals surface area contributed by atoms with Crippen LogP contribution in [0.4, 0.5) is 15.8 Å². The van der Waals surface area contributed by atoms with Crippen molar-refractivity contribution in [3.8, 4) is 0 Å². The Labute approximate surface area is 131 Å². The van der Waals surface area contributed by atoms with Gasteiger partial charge >= 0.3 is 0 Å². The Kier molecular flexibility index (Phi) is 4.96. The summed E-state index contributed by atoms with van der Waals surface area (Å²) in [4.78, 5) is 11.1. The maximum absolute atomic E-state index is 13.9. The zero-order valence-electron chi connectivity index (χ0n) is 11.8. The predicted octanol–water partition coefficient (Wildman–Crippen LogP) is 4.72. The molecule has 2 aromatic carbocycles. The van der Waals surface area contributed by atoms with Gasteiger partial charge in [0.1, 0.15) is 5.82 Å². The predicted molar refractivity (Wildman–Crippen MR) is 86.9 cm³/mol. The largest absolute Gasteiger partial charge is 0.378 e. The number of carbonyl (C=O) groups is 1. The highest BCUT2D eigenvalue weighted by atomic mass is 79.9. The van der Waals surface area contributed by atoms with E-state index in [1.165, 1.54) is 13.0 Å². The van der Waals surface area contributed by atoms with Crippen molar-refractivity contribution in [1.82, 2.24) is 0 Å². The van der Waals surface area contributed by atoms with Crippen molar-refractivity contribution in [2.24, 2.45) is 0 Å². The highest BCUT2D eigenvalue weighted by Crippen LogP contribution is 2.25. The van der Waals surface area contributed by atoms with Gasteiger partial charge in [-0.2, -0.15) is 0 Å². The Bertz CT molecular complexity index is 660. The van der Waals surface area contributed by atoms with Gasteiger partial charge in [0, 0.05) is 28.3 Å². The number of rotatable bonds is 4. The highest BCUT2D eigenvalue weighted by Gasteiger charge is 2.11. The Morgan fingerprint density at radius 3 is 2.57 bits per heavy atom. The molecule has 0 aliphatic heterocycles. The van der Waals surface area contributed by atoms with Crippen LogP contribution in [0.15, 0.2) is 46.9 Å². The number of amides is 1. The molecule has 0 radical (unpaired) electrons. The second kappa shape index (κ2) is 6.72. The molecule has 1 amide bonds. The van der Waals surface area contributed by atoms with Crippen molar-refractivity contribution >= 4 is 33.2 Å². The van der Waals surface area contributed by atoms with Gasteiger partial charge in [0.15, 0.2) is 0 Å². The molecule has 0 saturated carbocycles. The van der Waals surface area contributed by atoms with Crippen LogP contribution in [0.5, 0.6) is 0 Å². The molecule has 0 aliphatic carbocycles. The molecule has 110 valence electrons. The fourth-order valence-corrected chi connectivity index (χ4v) is 2.40. The SMILES string of the molecule is CC(=O)Nc1cccc(NC(C)c2ccc(Br)cc2F)c1. The second-order valence-electron chi connectivity index (χ2n) is 4.79. The summed E-state index contributed by atoms with van der Waals surface area (Å²) in [6, 6.07) is 12.1. The van der Waals surface area contributed by atoms with E-state index in [0.717, 1.165) is 5.69 Å². The zero-order chi connectivity index (χ0) is 15.4. The Morgan fingerprint density at radius 1 is 1.19 bits per heavy atom. The van der Waals surface area contributed by atoms with Crippen molar-refractivity contribution in [1.29, 1.82) is 0 Å². The summed E-state index contributed by atoms with van der Waals surface area (Å²) in [6.07, 6.45) is 0. The first-order valence-electron chi connectivity index (χ1n) is 6.55. The van der Waals surface area contributed by atoms with Crippen molar-refractivity contribution in [3.63, 3.8) is 0 Å². The number of hydrogen-bond acceptors (Lipinski definition) is 2. The molecule has 0 saturated heterocycles. The molecule has 1 unspecified atom stereocenters. The molecule has 21 heavy (non-hydrogen) atoms. The summed E-state index contributed by atoms with van der Waals surface area (Å²) in [5.41, 5.74) is 2.11. The van der Waals surface area contributed by atoms with E-state index < -0.39 is 0 Å². The number of benzene rings is 2. The van der Waals surface area contributed by atoms with Crippen LogP contribution in [0.1, 0.15) is 25.5 Å². The number of carbonyl (C=O) groups excluding carboxylic acids is 1. The lowest BCUT2D eigenvalue weighted by molar-refractivity contribution is -0.114. The molecule has 2 N–H and O–H groups in total. The van der Waals surface area contributed by atoms with Crippen molar-refractivity contribution in [2.45, 2.75) is 19.9 Å². The van der Waals surface area contributed by atoms with Crippen molar-refractivity contribution in [2.75, 3.05) is 10.6 Å². The minimum absolute atomic E-state index is 0.126. The van der Waals surface area contributed by atoms with Crippen LogP contribution in [0.25, 0.3) is 0 Å². The number of nitrogens with one attached hydrogen (secondary N) is 2. The number of halogens is 2. The van der Waals surface area contributed by atoms with Gasteiger partial charge < -0.3 is 10.6 Å². The van der Waals surface area contributed by atoms with Gasteiger partial charge in [-0.3, -0.25) is 4.79 Å². The van der Waals surface area contributed by atoms with Crippen LogP contribution in [0.3, 0.4) is 0 Å². The normalized spacial score (nSPS) is 11.8. The minimum Gasteiger partial charge on any atom is -0.378 e. The molecule has 2 rings (SSSR count). The molecule has 5 heteroatoms. The van der Waals surface area contributed by atoms with Crippen LogP contribution in [-0.2, 0) is 4.79 Å². The van der Waals surface area contributed by atoms with E-state index in [1.54, 1.807) is 12.1 Å². The smallest absolute Gasteiger partial charge is 0.221 e. The molecule has 0 heterocycles. The molecule has 2 aromatic rings. The Morgan fingerprint density at radius 2 is 1.90 bits per heavy atom. The number of anilines is 2. The minimum atomic E-state index is -0.262. The fraction of sp³-hybridized carbons (Fsp3) is 0.188. The molecule has 0 aliphatic rings. The van der Waals surface area contributed by atoms with Gasteiger partial charge in [-0.15, -0.1) is 0 Å². The lowest BCUT2D eigenvalue weighted by Crippen LogP contribution is -2.10. The van der Waals surface area contributed by atoms with Crippen LogP contribution in [-0.4, -0.2) is 5.91 Å². The topological polar surface area (TPSA) is 41.1 Å².